The third-order valence-electron chi connectivity index (χ3n) is 6.11. The Bertz CT molecular complexity index is 1190. The molecule has 1 saturated heterocycles. The Morgan fingerprint density at radius 3 is 2.09 bits per heavy atom. The fourth-order valence-electron chi connectivity index (χ4n) is 4.14. The number of rotatable bonds is 6. The molecule has 4 rings (SSSR count). The minimum absolute atomic E-state index is 0.0651. The molecule has 0 radical (unpaired) electrons. The summed E-state index contributed by atoms with van der Waals surface area (Å²) in [4.78, 5) is 13.2. The first-order valence-electron chi connectivity index (χ1n) is 11.0. The van der Waals surface area contributed by atoms with Crippen LogP contribution in [0, 0.1) is 18.7 Å². The van der Waals surface area contributed by atoms with Crippen LogP contribution in [0.5, 0.6) is 0 Å². The Labute approximate surface area is 194 Å². The SMILES string of the molecule is Cc1ccc(C(NC(=O)C2CCN(S(=O)(=O)c3ccc(F)cc3)CC2)c2ccccc2)cc1. The highest BCUT2D eigenvalue weighted by molar-refractivity contribution is 7.89. The van der Waals surface area contributed by atoms with Gasteiger partial charge in [-0.15, -0.1) is 0 Å². The molecule has 172 valence electrons. The average Bonchev–Trinajstić information content (AvgIpc) is 2.84. The first-order chi connectivity index (χ1) is 15.8. The summed E-state index contributed by atoms with van der Waals surface area (Å²) in [5.41, 5.74) is 3.13. The van der Waals surface area contributed by atoms with Crippen molar-refractivity contribution in [2.45, 2.75) is 30.7 Å². The summed E-state index contributed by atoms with van der Waals surface area (Å²) in [6, 6.07) is 22.4. The van der Waals surface area contributed by atoms with Crippen molar-refractivity contribution in [2.75, 3.05) is 13.1 Å². The molecule has 3 aromatic carbocycles. The van der Waals surface area contributed by atoms with Crippen LogP contribution in [-0.4, -0.2) is 31.7 Å². The lowest BCUT2D eigenvalue weighted by molar-refractivity contribution is -0.126. The van der Waals surface area contributed by atoms with Crippen LogP contribution in [0.4, 0.5) is 4.39 Å². The molecule has 0 bridgehead atoms. The van der Waals surface area contributed by atoms with Crippen LogP contribution in [0.2, 0.25) is 0 Å². The number of benzene rings is 3. The number of nitrogens with one attached hydrogen (secondary N) is 1. The highest BCUT2D eigenvalue weighted by Gasteiger charge is 2.33. The normalized spacial score (nSPS) is 16.3. The number of nitrogens with zero attached hydrogens (tertiary/aromatic N) is 1. The molecule has 0 aliphatic carbocycles. The number of piperidine rings is 1. The standard InChI is InChI=1S/C26H27FN2O3S/c1-19-7-9-21(10-8-19)25(20-5-3-2-4-6-20)28-26(30)22-15-17-29(18-16-22)33(31,32)24-13-11-23(27)12-14-24/h2-14,22,25H,15-18H2,1H3,(H,28,30). The van der Waals surface area contributed by atoms with Gasteiger partial charge in [0.05, 0.1) is 10.9 Å². The van der Waals surface area contributed by atoms with Crippen molar-refractivity contribution in [3.63, 3.8) is 0 Å². The van der Waals surface area contributed by atoms with E-state index in [1.54, 1.807) is 0 Å². The number of amides is 1. The van der Waals surface area contributed by atoms with Gasteiger partial charge in [0.25, 0.3) is 0 Å². The lowest BCUT2D eigenvalue weighted by atomic mass is 9.94. The van der Waals surface area contributed by atoms with Gasteiger partial charge in [-0.2, -0.15) is 4.31 Å². The molecule has 1 unspecified atom stereocenters. The van der Waals surface area contributed by atoms with Gasteiger partial charge in [-0.1, -0.05) is 60.2 Å². The quantitative estimate of drug-likeness (QED) is 0.584. The molecule has 1 aliphatic rings. The first-order valence-corrected chi connectivity index (χ1v) is 12.5. The molecule has 3 aromatic rings. The summed E-state index contributed by atoms with van der Waals surface area (Å²) in [6.07, 6.45) is 0.864. The van der Waals surface area contributed by atoms with E-state index in [0.717, 1.165) is 28.8 Å². The molecular formula is C26H27FN2O3S. The Morgan fingerprint density at radius 2 is 1.48 bits per heavy atom. The van der Waals surface area contributed by atoms with E-state index < -0.39 is 15.8 Å². The summed E-state index contributed by atoms with van der Waals surface area (Å²) in [6.45, 7) is 2.52. The van der Waals surface area contributed by atoms with Gasteiger partial charge in [-0.25, -0.2) is 12.8 Å². The van der Waals surface area contributed by atoms with Gasteiger partial charge >= 0.3 is 0 Å². The van der Waals surface area contributed by atoms with Crippen LogP contribution in [-0.2, 0) is 14.8 Å². The maximum absolute atomic E-state index is 13.2. The zero-order chi connectivity index (χ0) is 23.4. The van der Waals surface area contributed by atoms with Crippen LogP contribution in [0.1, 0.15) is 35.6 Å². The maximum atomic E-state index is 13.2. The van der Waals surface area contributed by atoms with Crippen LogP contribution >= 0.6 is 0 Å². The maximum Gasteiger partial charge on any atom is 0.243 e. The second-order valence-electron chi connectivity index (χ2n) is 8.40. The number of sulfonamides is 1. The summed E-state index contributed by atoms with van der Waals surface area (Å²) in [5, 5.41) is 3.18. The first kappa shape index (κ1) is 23.1. The minimum Gasteiger partial charge on any atom is -0.345 e. The summed E-state index contributed by atoms with van der Waals surface area (Å²) < 4.78 is 40.3. The summed E-state index contributed by atoms with van der Waals surface area (Å²) in [5.74, 6) is -0.838. The molecule has 1 heterocycles. The molecule has 0 saturated carbocycles. The third-order valence-corrected chi connectivity index (χ3v) is 8.02. The van der Waals surface area contributed by atoms with Crippen LogP contribution in [0.3, 0.4) is 0 Å². The third kappa shape index (κ3) is 5.31. The van der Waals surface area contributed by atoms with Crippen molar-refractivity contribution in [1.29, 1.82) is 0 Å². The second kappa shape index (κ2) is 9.85. The van der Waals surface area contributed by atoms with E-state index in [-0.39, 0.29) is 35.9 Å². The van der Waals surface area contributed by atoms with E-state index in [0.29, 0.717) is 12.8 Å². The Morgan fingerprint density at radius 1 is 0.909 bits per heavy atom. The highest BCUT2D eigenvalue weighted by Crippen LogP contribution is 2.27. The molecule has 1 N–H and O–H groups in total. The van der Waals surface area contributed by atoms with E-state index in [4.69, 9.17) is 0 Å². The van der Waals surface area contributed by atoms with Crippen LogP contribution < -0.4 is 5.32 Å². The second-order valence-corrected chi connectivity index (χ2v) is 10.3. The molecule has 1 atom stereocenters. The zero-order valence-corrected chi connectivity index (χ0v) is 19.3. The van der Waals surface area contributed by atoms with E-state index >= 15 is 0 Å². The van der Waals surface area contributed by atoms with E-state index in [1.165, 1.54) is 16.4 Å². The lowest BCUT2D eigenvalue weighted by Gasteiger charge is -2.31. The van der Waals surface area contributed by atoms with Gasteiger partial charge < -0.3 is 5.32 Å². The van der Waals surface area contributed by atoms with Crippen LogP contribution in [0.15, 0.2) is 83.8 Å². The summed E-state index contributed by atoms with van der Waals surface area (Å²) >= 11 is 0. The van der Waals surface area contributed by atoms with Gasteiger partial charge in [0.15, 0.2) is 0 Å². The van der Waals surface area contributed by atoms with Crippen molar-refractivity contribution in [2.24, 2.45) is 5.92 Å². The molecule has 7 heteroatoms. The predicted octanol–water partition coefficient (Wildman–Crippen LogP) is 4.44. The van der Waals surface area contributed by atoms with Gasteiger partial charge in [-0.3, -0.25) is 4.79 Å². The Balaban J connectivity index is 1.45. The van der Waals surface area contributed by atoms with Crippen molar-refractivity contribution in [3.8, 4) is 0 Å². The largest absolute Gasteiger partial charge is 0.345 e. The minimum atomic E-state index is -3.71. The fraction of sp³-hybridized carbons (Fsp3) is 0.269. The van der Waals surface area contributed by atoms with E-state index in [9.17, 15) is 17.6 Å². The van der Waals surface area contributed by atoms with Gasteiger partial charge in [-0.05, 0) is 55.2 Å². The highest BCUT2D eigenvalue weighted by atomic mass is 32.2. The van der Waals surface area contributed by atoms with Gasteiger partial charge in [0.1, 0.15) is 5.82 Å². The molecule has 0 spiro atoms. The number of aryl methyl sites for hydroxylation is 1. The monoisotopic (exact) mass is 466 g/mol. The molecule has 1 amide bonds. The lowest BCUT2D eigenvalue weighted by Crippen LogP contribution is -2.43. The zero-order valence-electron chi connectivity index (χ0n) is 18.4. The van der Waals surface area contributed by atoms with Crippen molar-refractivity contribution >= 4 is 15.9 Å². The molecule has 33 heavy (non-hydrogen) atoms. The smallest absolute Gasteiger partial charge is 0.243 e. The van der Waals surface area contributed by atoms with E-state index in [2.05, 4.69) is 5.32 Å². The van der Waals surface area contributed by atoms with Crippen LogP contribution in [0.25, 0.3) is 0 Å². The number of halogens is 1. The van der Waals surface area contributed by atoms with Gasteiger partial charge in [0.2, 0.25) is 15.9 Å². The molecule has 5 nitrogen and oxygen atoms in total. The molecule has 0 aromatic heterocycles. The van der Waals surface area contributed by atoms with Gasteiger partial charge in [0, 0.05) is 19.0 Å². The van der Waals surface area contributed by atoms with Crippen molar-refractivity contribution < 1.29 is 17.6 Å². The fourth-order valence-corrected chi connectivity index (χ4v) is 5.61. The van der Waals surface area contributed by atoms with Crippen molar-refractivity contribution in [3.05, 3.63) is 101 Å². The Hall–Kier alpha value is -3.03. The average molecular weight is 467 g/mol. The molecule has 1 aliphatic heterocycles. The van der Waals surface area contributed by atoms with E-state index in [1.807, 2.05) is 61.5 Å². The topological polar surface area (TPSA) is 66.5 Å². The number of carbonyl (C=O) groups excluding carboxylic acids is 1. The number of hydrogen-bond acceptors (Lipinski definition) is 3. The molecular weight excluding hydrogens is 439 g/mol. The number of carbonyl (C=O) groups is 1. The summed E-state index contributed by atoms with van der Waals surface area (Å²) in [7, 11) is -3.71. The Kier molecular flexibility index (Phi) is 6.91. The number of hydrogen-bond donors (Lipinski definition) is 1. The predicted molar refractivity (Wildman–Crippen MR) is 125 cm³/mol. The molecule has 1 fully saturated rings. The van der Waals surface area contributed by atoms with Crippen molar-refractivity contribution in [1.82, 2.24) is 9.62 Å².